The standard InChI is InChI=1S/C18H16N6O5/c1-22-15-14(17(26)23(2)18(22)27)24(10-19-15)8-13(25)28-9-12-20-21-16(29-12)11-6-4-3-5-7-11/h3-7,10H,8-9H2,1-2H3. The number of esters is 1. The highest BCUT2D eigenvalue weighted by Crippen LogP contribution is 2.17. The summed E-state index contributed by atoms with van der Waals surface area (Å²) in [7, 11) is 2.86. The van der Waals surface area contributed by atoms with Gasteiger partial charge < -0.3 is 13.7 Å². The third kappa shape index (κ3) is 3.33. The molecular formula is C18H16N6O5. The molecule has 4 rings (SSSR count). The zero-order valence-corrected chi connectivity index (χ0v) is 15.6. The maximum absolute atomic E-state index is 12.4. The Labute approximate surface area is 162 Å². The van der Waals surface area contributed by atoms with Gasteiger partial charge in [-0.3, -0.25) is 18.7 Å². The van der Waals surface area contributed by atoms with E-state index in [1.807, 2.05) is 30.3 Å². The number of benzene rings is 1. The molecule has 0 aliphatic heterocycles. The molecule has 0 fully saturated rings. The highest BCUT2D eigenvalue weighted by molar-refractivity contribution is 5.75. The van der Waals surface area contributed by atoms with E-state index in [-0.39, 0.29) is 30.2 Å². The molecule has 0 amide bonds. The molecule has 0 saturated heterocycles. The third-order valence-electron chi connectivity index (χ3n) is 4.36. The van der Waals surface area contributed by atoms with E-state index >= 15 is 0 Å². The Balaban J connectivity index is 1.48. The average molecular weight is 396 g/mol. The zero-order chi connectivity index (χ0) is 20.5. The van der Waals surface area contributed by atoms with E-state index in [4.69, 9.17) is 9.15 Å². The first-order valence-corrected chi connectivity index (χ1v) is 8.60. The van der Waals surface area contributed by atoms with Crippen LogP contribution < -0.4 is 11.2 Å². The molecule has 11 nitrogen and oxygen atoms in total. The van der Waals surface area contributed by atoms with Crippen LogP contribution >= 0.6 is 0 Å². The number of hydrogen-bond acceptors (Lipinski definition) is 8. The van der Waals surface area contributed by atoms with E-state index in [2.05, 4.69) is 15.2 Å². The van der Waals surface area contributed by atoms with E-state index in [1.165, 1.54) is 29.6 Å². The van der Waals surface area contributed by atoms with Gasteiger partial charge in [0.25, 0.3) is 11.4 Å². The Morgan fingerprint density at radius 1 is 1.10 bits per heavy atom. The maximum atomic E-state index is 12.4. The van der Waals surface area contributed by atoms with Crippen LogP contribution in [-0.2, 0) is 36.8 Å². The Hall–Kier alpha value is -4.02. The lowest BCUT2D eigenvalue weighted by Crippen LogP contribution is -2.37. The Kier molecular flexibility index (Phi) is 4.55. The number of imidazole rings is 1. The lowest BCUT2D eigenvalue weighted by atomic mass is 10.2. The minimum Gasteiger partial charge on any atom is -0.454 e. The highest BCUT2D eigenvalue weighted by atomic mass is 16.5. The summed E-state index contributed by atoms with van der Waals surface area (Å²) in [6.07, 6.45) is 1.31. The number of nitrogens with zero attached hydrogens (tertiary/aromatic N) is 6. The van der Waals surface area contributed by atoms with Gasteiger partial charge in [0.1, 0.15) is 6.54 Å². The molecule has 4 aromatic rings. The molecular weight excluding hydrogens is 380 g/mol. The lowest BCUT2D eigenvalue weighted by Gasteiger charge is -2.06. The number of fused-ring (bicyclic) bond motifs is 1. The van der Waals surface area contributed by atoms with E-state index in [0.29, 0.717) is 5.89 Å². The lowest BCUT2D eigenvalue weighted by molar-refractivity contribution is -0.146. The molecule has 0 unspecified atom stereocenters. The largest absolute Gasteiger partial charge is 0.454 e. The summed E-state index contributed by atoms with van der Waals surface area (Å²) in [5.41, 5.74) is 0.0358. The van der Waals surface area contributed by atoms with Crippen LogP contribution in [0.5, 0.6) is 0 Å². The first-order valence-electron chi connectivity index (χ1n) is 8.60. The summed E-state index contributed by atoms with van der Waals surface area (Å²) < 4.78 is 14.2. The fraction of sp³-hybridized carbons (Fsp3) is 0.222. The summed E-state index contributed by atoms with van der Waals surface area (Å²) in [5.74, 6) is -0.160. The Bertz CT molecular complexity index is 1310. The predicted octanol–water partition coefficient (Wildman–Crippen LogP) is 0.227. The summed E-state index contributed by atoms with van der Waals surface area (Å²) in [6.45, 7) is -0.467. The van der Waals surface area contributed by atoms with Crippen LogP contribution in [0.15, 0.2) is 50.7 Å². The number of ether oxygens (including phenoxy) is 1. The molecule has 29 heavy (non-hydrogen) atoms. The molecule has 0 atom stereocenters. The number of aromatic nitrogens is 6. The van der Waals surface area contributed by atoms with Gasteiger partial charge in [0.2, 0.25) is 5.89 Å². The maximum Gasteiger partial charge on any atom is 0.332 e. The second-order valence-corrected chi connectivity index (χ2v) is 6.28. The van der Waals surface area contributed by atoms with Crippen molar-refractivity contribution in [2.45, 2.75) is 13.2 Å². The van der Waals surface area contributed by atoms with Crippen molar-refractivity contribution < 1.29 is 13.9 Å². The number of hydrogen-bond donors (Lipinski definition) is 0. The zero-order valence-electron chi connectivity index (χ0n) is 15.6. The van der Waals surface area contributed by atoms with Crippen molar-refractivity contribution in [1.82, 2.24) is 28.9 Å². The SMILES string of the molecule is Cn1c(=O)c2c(ncn2CC(=O)OCc2nnc(-c3ccccc3)o2)n(C)c1=O. The van der Waals surface area contributed by atoms with Crippen LogP contribution in [-0.4, -0.2) is 34.9 Å². The van der Waals surface area contributed by atoms with Crippen molar-refractivity contribution in [2.24, 2.45) is 14.1 Å². The number of carbonyl (C=O) groups excluding carboxylic acids is 1. The predicted molar refractivity (Wildman–Crippen MR) is 99.7 cm³/mol. The van der Waals surface area contributed by atoms with Crippen LogP contribution in [0.3, 0.4) is 0 Å². The summed E-state index contributed by atoms with van der Waals surface area (Å²) in [4.78, 5) is 40.6. The molecule has 0 spiro atoms. The monoisotopic (exact) mass is 396 g/mol. The van der Waals surface area contributed by atoms with Crippen molar-refractivity contribution in [3.8, 4) is 11.5 Å². The normalized spacial score (nSPS) is 11.1. The molecule has 0 N–H and O–H groups in total. The first-order chi connectivity index (χ1) is 14.0. The molecule has 148 valence electrons. The molecule has 11 heteroatoms. The van der Waals surface area contributed by atoms with Gasteiger partial charge in [0.05, 0.1) is 6.33 Å². The van der Waals surface area contributed by atoms with Crippen molar-refractivity contribution in [3.63, 3.8) is 0 Å². The average Bonchev–Trinajstić information content (AvgIpc) is 3.37. The van der Waals surface area contributed by atoms with Crippen LogP contribution in [0.1, 0.15) is 5.89 Å². The van der Waals surface area contributed by atoms with Gasteiger partial charge in [-0.25, -0.2) is 9.78 Å². The second kappa shape index (κ2) is 7.19. The summed E-state index contributed by atoms with van der Waals surface area (Å²) in [5, 5.41) is 7.77. The fourth-order valence-corrected chi connectivity index (χ4v) is 2.85. The third-order valence-corrected chi connectivity index (χ3v) is 4.36. The second-order valence-electron chi connectivity index (χ2n) is 6.28. The molecule has 3 aromatic heterocycles. The topological polar surface area (TPSA) is 127 Å². The molecule has 0 aliphatic rings. The summed E-state index contributed by atoms with van der Waals surface area (Å²) in [6, 6.07) is 9.19. The van der Waals surface area contributed by atoms with Crippen LogP contribution in [0.4, 0.5) is 0 Å². The van der Waals surface area contributed by atoms with Gasteiger partial charge >= 0.3 is 11.7 Å². The van der Waals surface area contributed by atoms with Gasteiger partial charge in [0, 0.05) is 19.7 Å². The minimum atomic E-state index is -0.625. The van der Waals surface area contributed by atoms with Gasteiger partial charge in [-0.15, -0.1) is 10.2 Å². The van der Waals surface area contributed by atoms with Crippen molar-refractivity contribution >= 4 is 17.1 Å². The smallest absolute Gasteiger partial charge is 0.332 e. The molecule has 0 radical (unpaired) electrons. The van der Waals surface area contributed by atoms with E-state index in [1.54, 1.807) is 0 Å². The number of carbonyl (C=O) groups is 1. The van der Waals surface area contributed by atoms with Gasteiger partial charge in [-0.1, -0.05) is 18.2 Å². The van der Waals surface area contributed by atoms with Crippen LogP contribution in [0, 0.1) is 0 Å². The Morgan fingerprint density at radius 2 is 1.86 bits per heavy atom. The summed E-state index contributed by atoms with van der Waals surface area (Å²) >= 11 is 0. The number of rotatable bonds is 5. The van der Waals surface area contributed by atoms with E-state index in [9.17, 15) is 14.4 Å². The molecule has 0 bridgehead atoms. The molecule has 0 aliphatic carbocycles. The highest BCUT2D eigenvalue weighted by Gasteiger charge is 2.17. The van der Waals surface area contributed by atoms with E-state index in [0.717, 1.165) is 10.1 Å². The van der Waals surface area contributed by atoms with Crippen LogP contribution in [0.2, 0.25) is 0 Å². The minimum absolute atomic E-state index is 0.135. The van der Waals surface area contributed by atoms with Crippen LogP contribution in [0.25, 0.3) is 22.6 Å². The number of aryl methyl sites for hydroxylation is 1. The van der Waals surface area contributed by atoms with Gasteiger partial charge in [-0.2, -0.15) is 0 Å². The van der Waals surface area contributed by atoms with Crippen molar-refractivity contribution in [3.05, 3.63) is 63.4 Å². The molecule has 1 aromatic carbocycles. The van der Waals surface area contributed by atoms with Crippen molar-refractivity contribution in [2.75, 3.05) is 0 Å². The first kappa shape index (κ1) is 18.3. The Morgan fingerprint density at radius 3 is 2.62 bits per heavy atom. The fourth-order valence-electron chi connectivity index (χ4n) is 2.85. The van der Waals surface area contributed by atoms with Gasteiger partial charge in [0.15, 0.2) is 17.8 Å². The quantitative estimate of drug-likeness (QED) is 0.439. The van der Waals surface area contributed by atoms with E-state index < -0.39 is 17.2 Å². The van der Waals surface area contributed by atoms with Crippen molar-refractivity contribution in [1.29, 1.82) is 0 Å². The molecule has 0 saturated carbocycles. The van der Waals surface area contributed by atoms with Gasteiger partial charge in [-0.05, 0) is 12.1 Å². The molecule has 3 heterocycles.